The van der Waals surface area contributed by atoms with Gasteiger partial charge in [0.2, 0.25) is 11.9 Å². The van der Waals surface area contributed by atoms with Crippen LogP contribution in [0.15, 0.2) is 42.5 Å². The molecule has 1 aromatic carbocycles. The summed E-state index contributed by atoms with van der Waals surface area (Å²) in [5.41, 5.74) is 4.31. The fourth-order valence-electron chi connectivity index (χ4n) is 3.79. The minimum absolute atomic E-state index is 0.0286. The molecule has 0 radical (unpaired) electrons. The van der Waals surface area contributed by atoms with Crippen LogP contribution >= 0.6 is 0 Å². The van der Waals surface area contributed by atoms with Crippen LogP contribution in [-0.2, 0) is 11.3 Å². The molecule has 2 aromatic heterocycles. The van der Waals surface area contributed by atoms with E-state index in [9.17, 15) is 4.79 Å². The van der Waals surface area contributed by atoms with E-state index in [1.165, 1.54) is 5.56 Å². The van der Waals surface area contributed by atoms with Gasteiger partial charge in [-0.05, 0) is 49.9 Å². The number of nitrogens with zero attached hydrogens (tertiary/aromatic N) is 4. The Morgan fingerprint density at radius 3 is 2.85 bits per heavy atom. The average molecular weight is 363 g/mol. The first kappa shape index (κ1) is 17.5. The molecule has 1 aliphatic rings. The van der Waals surface area contributed by atoms with Gasteiger partial charge in [-0.15, -0.1) is 10.2 Å². The van der Waals surface area contributed by atoms with Crippen molar-refractivity contribution in [3.63, 3.8) is 0 Å². The highest BCUT2D eigenvalue weighted by Gasteiger charge is 2.28. The Kier molecular flexibility index (Phi) is 4.79. The van der Waals surface area contributed by atoms with Crippen molar-refractivity contribution in [1.29, 1.82) is 0 Å². The monoisotopic (exact) mass is 363 g/mol. The molecule has 6 nitrogen and oxygen atoms in total. The standard InChI is InChI=1S/C21H25N5O/c1-15-7-3-4-9-17(15)13-22-20(27)18-10-6-12-25(14-18)21-24-23-19-11-5-8-16(2)26(19)21/h3-5,7-9,11,18H,6,10,12-14H2,1-2H3,(H,22,27). The summed E-state index contributed by atoms with van der Waals surface area (Å²) in [7, 11) is 0. The van der Waals surface area contributed by atoms with Crippen molar-refractivity contribution < 1.29 is 4.79 Å². The first-order valence-electron chi connectivity index (χ1n) is 9.51. The third-order valence-corrected chi connectivity index (χ3v) is 5.40. The molecule has 1 aliphatic heterocycles. The third-order valence-electron chi connectivity index (χ3n) is 5.40. The van der Waals surface area contributed by atoms with Gasteiger partial charge in [0.05, 0.1) is 5.92 Å². The molecule has 1 saturated heterocycles. The number of amides is 1. The molecule has 1 amide bonds. The number of nitrogens with one attached hydrogen (secondary N) is 1. The number of pyridine rings is 1. The molecule has 0 bridgehead atoms. The number of hydrogen-bond acceptors (Lipinski definition) is 4. The molecular formula is C21H25N5O. The van der Waals surface area contributed by atoms with Gasteiger partial charge in [-0.1, -0.05) is 30.3 Å². The maximum atomic E-state index is 12.7. The molecule has 3 heterocycles. The number of piperidine rings is 1. The topological polar surface area (TPSA) is 62.5 Å². The highest BCUT2D eigenvalue weighted by atomic mass is 16.1. The molecule has 27 heavy (non-hydrogen) atoms. The Hall–Kier alpha value is -2.89. The summed E-state index contributed by atoms with van der Waals surface area (Å²) in [5.74, 6) is 0.923. The van der Waals surface area contributed by atoms with Gasteiger partial charge in [0.25, 0.3) is 0 Å². The molecule has 1 unspecified atom stereocenters. The molecule has 1 N–H and O–H groups in total. The zero-order valence-corrected chi connectivity index (χ0v) is 15.9. The lowest BCUT2D eigenvalue weighted by molar-refractivity contribution is -0.125. The van der Waals surface area contributed by atoms with E-state index < -0.39 is 0 Å². The van der Waals surface area contributed by atoms with E-state index in [-0.39, 0.29) is 11.8 Å². The van der Waals surface area contributed by atoms with E-state index in [0.29, 0.717) is 13.1 Å². The van der Waals surface area contributed by atoms with Crippen LogP contribution < -0.4 is 10.2 Å². The molecule has 0 saturated carbocycles. The predicted molar refractivity (Wildman–Crippen MR) is 106 cm³/mol. The second-order valence-electron chi connectivity index (χ2n) is 7.29. The van der Waals surface area contributed by atoms with Crippen molar-refractivity contribution in [2.75, 3.05) is 18.0 Å². The van der Waals surface area contributed by atoms with Gasteiger partial charge in [-0.2, -0.15) is 0 Å². The summed E-state index contributed by atoms with van der Waals surface area (Å²) >= 11 is 0. The summed E-state index contributed by atoms with van der Waals surface area (Å²) in [6, 6.07) is 14.2. The molecule has 0 aliphatic carbocycles. The number of aryl methyl sites for hydroxylation is 2. The highest BCUT2D eigenvalue weighted by molar-refractivity contribution is 5.79. The van der Waals surface area contributed by atoms with Gasteiger partial charge < -0.3 is 10.2 Å². The van der Waals surface area contributed by atoms with E-state index in [1.54, 1.807) is 0 Å². The van der Waals surface area contributed by atoms with Crippen molar-refractivity contribution in [3.05, 3.63) is 59.3 Å². The quantitative estimate of drug-likeness (QED) is 0.774. The lowest BCUT2D eigenvalue weighted by Gasteiger charge is -2.32. The number of fused-ring (bicyclic) bond motifs is 1. The van der Waals surface area contributed by atoms with E-state index in [4.69, 9.17) is 0 Å². The Morgan fingerprint density at radius 1 is 1.15 bits per heavy atom. The zero-order chi connectivity index (χ0) is 18.8. The fourth-order valence-corrected chi connectivity index (χ4v) is 3.79. The Balaban J connectivity index is 1.46. The van der Waals surface area contributed by atoms with Gasteiger partial charge in [0.15, 0.2) is 5.65 Å². The number of carbonyl (C=O) groups excluding carboxylic acids is 1. The lowest BCUT2D eigenvalue weighted by Crippen LogP contribution is -2.43. The maximum absolute atomic E-state index is 12.7. The fraction of sp³-hybridized carbons (Fsp3) is 0.381. The van der Waals surface area contributed by atoms with E-state index in [2.05, 4.69) is 56.9 Å². The zero-order valence-electron chi connectivity index (χ0n) is 15.9. The van der Waals surface area contributed by atoms with Gasteiger partial charge in [-0.3, -0.25) is 9.20 Å². The van der Waals surface area contributed by atoms with E-state index in [1.807, 2.05) is 24.3 Å². The third kappa shape index (κ3) is 3.52. The van der Waals surface area contributed by atoms with E-state index in [0.717, 1.165) is 42.2 Å². The summed E-state index contributed by atoms with van der Waals surface area (Å²) in [6.45, 7) is 6.28. The van der Waals surface area contributed by atoms with Gasteiger partial charge in [-0.25, -0.2) is 0 Å². The number of hydrogen-bond donors (Lipinski definition) is 1. The van der Waals surface area contributed by atoms with Crippen molar-refractivity contribution in [2.24, 2.45) is 5.92 Å². The maximum Gasteiger partial charge on any atom is 0.231 e. The molecule has 4 rings (SSSR count). The molecular weight excluding hydrogens is 338 g/mol. The van der Waals surface area contributed by atoms with Crippen LogP contribution in [-0.4, -0.2) is 33.6 Å². The summed E-state index contributed by atoms with van der Waals surface area (Å²) < 4.78 is 2.06. The summed E-state index contributed by atoms with van der Waals surface area (Å²) in [6.07, 6.45) is 1.88. The average Bonchev–Trinajstić information content (AvgIpc) is 3.13. The van der Waals surface area contributed by atoms with Crippen molar-refractivity contribution >= 4 is 17.5 Å². The number of rotatable bonds is 4. The highest BCUT2D eigenvalue weighted by Crippen LogP contribution is 2.23. The van der Waals surface area contributed by atoms with E-state index >= 15 is 0 Å². The second kappa shape index (κ2) is 7.39. The number of carbonyl (C=O) groups is 1. The van der Waals surface area contributed by atoms with Crippen LogP contribution in [0.2, 0.25) is 0 Å². The minimum atomic E-state index is -0.0286. The van der Waals surface area contributed by atoms with Crippen molar-refractivity contribution in [2.45, 2.75) is 33.2 Å². The number of aromatic nitrogens is 3. The summed E-state index contributed by atoms with van der Waals surface area (Å²) in [4.78, 5) is 14.9. The molecule has 6 heteroatoms. The van der Waals surface area contributed by atoms with Crippen molar-refractivity contribution in [1.82, 2.24) is 19.9 Å². The van der Waals surface area contributed by atoms with Gasteiger partial charge in [0.1, 0.15) is 0 Å². The first-order chi connectivity index (χ1) is 13.1. The normalized spacial score (nSPS) is 17.3. The number of benzene rings is 1. The number of anilines is 1. The first-order valence-corrected chi connectivity index (χ1v) is 9.51. The SMILES string of the molecule is Cc1ccccc1CNC(=O)C1CCCN(c2nnc3cccc(C)n23)C1. The molecule has 1 atom stereocenters. The Morgan fingerprint density at radius 2 is 2.00 bits per heavy atom. The van der Waals surface area contributed by atoms with Gasteiger partial charge >= 0.3 is 0 Å². The van der Waals surface area contributed by atoms with Crippen molar-refractivity contribution in [3.8, 4) is 0 Å². The second-order valence-corrected chi connectivity index (χ2v) is 7.29. The smallest absolute Gasteiger partial charge is 0.231 e. The van der Waals surface area contributed by atoms with Crippen LogP contribution in [0.3, 0.4) is 0 Å². The van der Waals surface area contributed by atoms with Gasteiger partial charge in [0, 0.05) is 25.3 Å². The molecule has 3 aromatic rings. The van der Waals surface area contributed by atoms with Crippen LogP contribution in [0.5, 0.6) is 0 Å². The largest absolute Gasteiger partial charge is 0.352 e. The summed E-state index contributed by atoms with van der Waals surface area (Å²) in [5, 5.41) is 11.8. The lowest BCUT2D eigenvalue weighted by atomic mass is 9.97. The molecule has 140 valence electrons. The van der Waals surface area contributed by atoms with Crippen LogP contribution in [0.4, 0.5) is 5.95 Å². The van der Waals surface area contributed by atoms with Crippen LogP contribution in [0, 0.1) is 19.8 Å². The minimum Gasteiger partial charge on any atom is -0.352 e. The molecule has 1 fully saturated rings. The Labute approximate surface area is 159 Å². The van der Waals surface area contributed by atoms with Crippen LogP contribution in [0.25, 0.3) is 5.65 Å². The predicted octanol–water partition coefficient (Wildman–Crippen LogP) is 2.88. The Bertz CT molecular complexity index is 964. The van der Waals surface area contributed by atoms with Crippen LogP contribution in [0.1, 0.15) is 29.7 Å². The molecule has 0 spiro atoms.